The highest BCUT2D eigenvalue weighted by molar-refractivity contribution is 7.99. The largest absolute Gasteiger partial charge is 0.489 e. The van der Waals surface area contributed by atoms with Crippen molar-refractivity contribution < 1.29 is 9.13 Å². The molecule has 2 heterocycles. The van der Waals surface area contributed by atoms with E-state index in [1.807, 2.05) is 36.9 Å². The Hall–Kier alpha value is -2.53. The third-order valence-corrected chi connectivity index (χ3v) is 8.21. The van der Waals surface area contributed by atoms with Crippen molar-refractivity contribution in [2.75, 3.05) is 24.2 Å². The van der Waals surface area contributed by atoms with Crippen LogP contribution in [-0.4, -0.2) is 29.6 Å². The van der Waals surface area contributed by atoms with Gasteiger partial charge in [0.05, 0.1) is 0 Å². The first-order valence-electron chi connectivity index (χ1n) is 11.4. The van der Waals surface area contributed by atoms with Gasteiger partial charge in [0.2, 0.25) is 0 Å². The van der Waals surface area contributed by atoms with Crippen molar-refractivity contribution in [3.63, 3.8) is 0 Å². The molecule has 5 heteroatoms. The van der Waals surface area contributed by atoms with Gasteiger partial charge in [0.1, 0.15) is 24.0 Å². The summed E-state index contributed by atoms with van der Waals surface area (Å²) in [6.07, 6.45) is 4.67. The third-order valence-electron chi connectivity index (χ3n) is 7.25. The van der Waals surface area contributed by atoms with Crippen molar-refractivity contribution in [3.05, 3.63) is 76.7 Å². The summed E-state index contributed by atoms with van der Waals surface area (Å²) >= 11 is 1.91. The van der Waals surface area contributed by atoms with E-state index in [0.29, 0.717) is 10.8 Å². The van der Waals surface area contributed by atoms with Gasteiger partial charge >= 0.3 is 0 Å². The minimum atomic E-state index is -0.234. The molecule has 32 heavy (non-hydrogen) atoms. The number of aromatic nitrogens is 1. The van der Waals surface area contributed by atoms with Crippen LogP contribution in [0.15, 0.2) is 48.5 Å². The number of ether oxygens (including phenoxy) is 1. The van der Waals surface area contributed by atoms with Gasteiger partial charge in [-0.15, -0.1) is 0 Å². The van der Waals surface area contributed by atoms with Crippen LogP contribution >= 0.6 is 11.8 Å². The topological polar surface area (TPSA) is 25.4 Å². The molecule has 0 radical (unpaired) electrons. The minimum Gasteiger partial charge on any atom is -0.489 e. The van der Waals surface area contributed by atoms with Crippen molar-refractivity contribution in [1.29, 1.82) is 0 Å². The van der Waals surface area contributed by atoms with Crippen LogP contribution in [0.3, 0.4) is 0 Å². The Kier molecular flexibility index (Phi) is 4.90. The maximum atomic E-state index is 14.6. The molecule has 0 N–H and O–H groups in total. The van der Waals surface area contributed by atoms with Gasteiger partial charge in [0.15, 0.2) is 0 Å². The Morgan fingerprint density at radius 1 is 1.12 bits per heavy atom. The molecule has 3 aliphatic rings. The summed E-state index contributed by atoms with van der Waals surface area (Å²) in [5.74, 6) is 3.25. The summed E-state index contributed by atoms with van der Waals surface area (Å²) in [6.45, 7) is 4.35. The molecule has 1 saturated carbocycles. The molecule has 2 atom stereocenters. The lowest BCUT2D eigenvalue weighted by Crippen LogP contribution is -2.49. The molecule has 0 bridgehead atoms. The zero-order chi connectivity index (χ0) is 21.8. The Morgan fingerprint density at radius 3 is 2.81 bits per heavy atom. The van der Waals surface area contributed by atoms with Gasteiger partial charge in [-0.3, -0.25) is 0 Å². The van der Waals surface area contributed by atoms with Crippen LogP contribution < -0.4 is 9.64 Å². The first-order valence-corrected chi connectivity index (χ1v) is 12.7. The van der Waals surface area contributed by atoms with E-state index < -0.39 is 0 Å². The Labute approximate surface area is 193 Å². The maximum absolute atomic E-state index is 14.6. The van der Waals surface area contributed by atoms with Gasteiger partial charge in [-0.2, -0.15) is 11.8 Å². The van der Waals surface area contributed by atoms with Crippen molar-refractivity contribution in [2.45, 2.75) is 37.5 Å². The van der Waals surface area contributed by atoms with Crippen molar-refractivity contribution in [1.82, 2.24) is 4.98 Å². The van der Waals surface area contributed by atoms with Crippen LogP contribution in [0, 0.1) is 18.7 Å². The average molecular weight is 447 g/mol. The SMILES string of the molecule is CSC1CN(c2ccc(-c3ccc(F)c(COc4ccc5c(c4)CC4CC54)c3)c(C)n2)C1. The van der Waals surface area contributed by atoms with E-state index in [-0.39, 0.29) is 12.4 Å². The van der Waals surface area contributed by atoms with Crippen molar-refractivity contribution in [3.8, 4) is 16.9 Å². The second-order valence-corrected chi connectivity index (χ2v) is 10.5. The van der Waals surface area contributed by atoms with Gasteiger partial charge in [-0.25, -0.2) is 9.37 Å². The highest BCUT2D eigenvalue weighted by Crippen LogP contribution is 2.56. The average Bonchev–Trinajstić information content (AvgIpc) is 3.43. The molecule has 3 nitrogen and oxygen atoms in total. The van der Waals surface area contributed by atoms with Gasteiger partial charge in [0, 0.05) is 35.2 Å². The molecule has 1 aromatic heterocycles. The number of hydrogen-bond donors (Lipinski definition) is 0. The number of pyridine rings is 1. The summed E-state index contributed by atoms with van der Waals surface area (Å²) < 4.78 is 20.6. The highest BCUT2D eigenvalue weighted by atomic mass is 32.2. The lowest BCUT2D eigenvalue weighted by atomic mass is 10.0. The predicted molar refractivity (Wildman–Crippen MR) is 129 cm³/mol. The molecule has 2 fully saturated rings. The van der Waals surface area contributed by atoms with E-state index >= 15 is 0 Å². The summed E-state index contributed by atoms with van der Waals surface area (Å²) in [5.41, 5.74) is 6.44. The monoisotopic (exact) mass is 446 g/mol. The molecule has 0 amide bonds. The Morgan fingerprint density at radius 2 is 2.00 bits per heavy atom. The number of fused-ring (bicyclic) bond motifs is 3. The minimum absolute atomic E-state index is 0.222. The quantitative estimate of drug-likeness (QED) is 0.465. The first kappa shape index (κ1) is 20.1. The summed E-state index contributed by atoms with van der Waals surface area (Å²) in [7, 11) is 0. The van der Waals surface area contributed by atoms with Crippen LogP contribution in [0.2, 0.25) is 0 Å². The van der Waals surface area contributed by atoms with E-state index in [1.165, 1.54) is 30.0 Å². The molecule has 2 aliphatic carbocycles. The first-order chi connectivity index (χ1) is 15.6. The lowest BCUT2D eigenvalue weighted by Gasteiger charge is -2.39. The number of anilines is 1. The smallest absolute Gasteiger partial charge is 0.129 e. The fraction of sp³-hybridized carbons (Fsp3) is 0.370. The normalized spacial score (nSPS) is 21.2. The number of halogens is 1. The summed E-state index contributed by atoms with van der Waals surface area (Å²) in [5, 5.41) is 0.702. The predicted octanol–water partition coefficient (Wildman–Crippen LogP) is 5.99. The Bertz CT molecular complexity index is 1190. The van der Waals surface area contributed by atoms with Crippen molar-refractivity contribution in [2.24, 2.45) is 5.92 Å². The van der Waals surface area contributed by atoms with Crippen molar-refractivity contribution >= 4 is 17.6 Å². The van der Waals surface area contributed by atoms with E-state index in [9.17, 15) is 4.39 Å². The van der Waals surface area contributed by atoms with Gasteiger partial charge in [-0.1, -0.05) is 12.1 Å². The summed E-state index contributed by atoms with van der Waals surface area (Å²) in [6, 6.07) is 15.8. The number of hydrogen-bond acceptors (Lipinski definition) is 4. The zero-order valence-corrected chi connectivity index (χ0v) is 19.3. The van der Waals surface area contributed by atoms with Gasteiger partial charge in [0.25, 0.3) is 0 Å². The number of aryl methyl sites for hydroxylation is 1. The van der Waals surface area contributed by atoms with E-state index in [0.717, 1.165) is 53.3 Å². The standard InChI is InChI=1S/C27H27FN2OS/c1-16-23(6-8-27(29-16)30-13-22(14-30)32-2)17-3-7-26(28)20(9-17)15-31-21-4-5-24-18(11-21)10-19-12-25(19)24/h3-9,11,19,22,25H,10,12-15H2,1-2H3. The second-order valence-electron chi connectivity index (χ2n) is 9.33. The van der Waals surface area contributed by atoms with Crippen LogP contribution in [0.25, 0.3) is 11.1 Å². The lowest BCUT2D eigenvalue weighted by molar-refractivity contribution is 0.299. The molecule has 6 rings (SSSR count). The fourth-order valence-corrected chi connectivity index (χ4v) is 5.82. The number of nitrogens with zero attached hydrogens (tertiary/aromatic N) is 2. The molecular formula is C27H27FN2OS. The van der Waals surface area contributed by atoms with Crippen LogP contribution in [-0.2, 0) is 13.0 Å². The molecule has 1 aliphatic heterocycles. The zero-order valence-electron chi connectivity index (χ0n) is 18.5. The molecule has 1 saturated heterocycles. The van der Waals surface area contributed by atoms with E-state index in [2.05, 4.69) is 35.4 Å². The number of benzene rings is 2. The van der Waals surface area contributed by atoms with Crippen LogP contribution in [0.5, 0.6) is 5.75 Å². The number of rotatable bonds is 6. The molecule has 3 aromatic rings. The molecule has 0 spiro atoms. The maximum Gasteiger partial charge on any atom is 0.129 e. The van der Waals surface area contributed by atoms with E-state index in [4.69, 9.17) is 9.72 Å². The van der Waals surface area contributed by atoms with Crippen LogP contribution in [0.1, 0.15) is 34.7 Å². The third kappa shape index (κ3) is 3.57. The Balaban J connectivity index is 1.18. The highest BCUT2D eigenvalue weighted by Gasteiger charge is 2.44. The molecule has 164 valence electrons. The number of thioether (sulfide) groups is 1. The second kappa shape index (κ2) is 7.80. The molecular weight excluding hydrogens is 419 g/mol. The molecule has 2 unspecified atom stereocenters. The van der Waals surface area contributed by atoms with E-state index in [1.54, 1.807) is 0 Å². The van der Waals surface area contributed by atoms with Gasteiger partial charge < -0.3 is 9.64 Å². The molecule has 2 aromatic carbocycles. The van der Waals surface area contributed by atoms with Gasteiger partial charge in [-0.05, 0) is 90.9 Å². The summed E-state index contributed by atoms with van der Waals surface area (Å²) in [4.78, 5) is 7.13. The van der Waals surface area contributed by atoms with Crippen LogP contribution in [0.4, 0.5) is 10.2 Å². The fourth-order valence-electron chi connectivity index (χ4n) is 5.16.